The minimum absolute atomic E-state index is 0.00404. The highest BCUT2D eigenvalue weighted by Crippen LogP contribution is 2.13. The molecular formula is C22H27N3O7. The summed E-state index contributed by atoms with van der Waals surface area (Å²) in [6.07, 6.45) is -1.22. The number of rotatable bonds is 10. The Morgan fingerprint density at radius 2 is 1.31 bits per heavy atom. The second-order valence-electron chi connectivity index (χ2n) is 7.47. The van der Waals surface area contributed by atoms with Crippen LogP contribution in [0.25, 0.3) is 0 Å². The molecular weight excluding hydrogens is 418 g/mol. The molecule has 10 heteroatoms. The molecule has 0 fully saturated rings. The lowest BCUT2D eigenvalue weighted by Crippen LogP contribution is -2.57. The number of carboxylic acid groups (broad SMARTS) is 1. The number of aliphatic hydroxyl groups is 1. The third-order valence-corrected chi connectivity index (χ3v) is 4.78. The predicted octanol–water partition coefficient (Wildman–Crippen LogP) is -0.355. The molecule has 4 unspecified atom stereocenters. The second kappa shape index (κ2) is 11.1. The minimum Gasteiger partial charge on any atom is -0.508 e. The molecule has 8 N–H and O–H groups in total. The Kier molecular flexibility index (Phi) is 8.56. The first-order valence-corrected chi connectivity index (χ1v) is 9.90. The molecule has 0 saturated heterocycles. The van der Waals surface area contributed by atoms with E-state index >= 15 is 0 Å². The van der Waals surface area contributed by atoms with Crippen LogP contribution in [-0.4, -0.2) is 62.4 Å². The van der Waals surface area contributed by atoms with E-state index in [1.54, 1.807) is 24.3 Å². The van der Waals surface area contributed by atoms with Crippen molar-refractivity contribution in [1.82, 2.24) is 10.6 Å². The number of aliphatic hydroxyl groups excluding tert-OH is 1. The molecule has 2 amide bonds. The largest absolute Gasteiger partial charge is 0.508 e. The Labute approximate surface area is 184 Å². The van der Waals surface area contributed by atoms with Gasteiger partial charge in [0.1, 0.15) is 17.5 Å². The zero-order valence-electron chi connectivity index (χ0n) is 17.4. The zero-order valence-corrected chi connectivity index (χ0v) is 17.4. The number of carbonyl (C=O) groups is 3. The van der Waals surface area contributed by atoms with Crippen LogP contribution in [0.3, 0.4) is 0 Å². The van der Waals surface area contributed by atoms with Gasteiger partial charge in [-0.25, -0.2) is 4.79 Å². The van der Waals surface area contributed by atoms with E-state index in [9.17, 15) is 34.8 Å². The fourth-order valence-corrected chi connectivity index (χ4v) is 2.98. The van der Waals surface area contributed by atoms with Crippen LogP contribution < -0.4 is 16.4 Å². The summed E-state index contributed by atoms with van der Waals surface area (Å²) in [5, 5.41) is 42.4. The summed E-state index contributed by atoms with van der Waals surface area (Å²) in [5.41, 5.74) is 7.27. The van der Waals surface area contributed by atoms with Crippen LogP contribution in [0.15, 0.2) is 48.5 Å². The van der Waals surface area contributed by atoms with E-state index in [0.29, 0.717) is 11.1 Å². The lowest BCUT2D eigenvalue weighted by Gasteiger charge is -2.24. The Hall–Kier alpha value is -3.63. The van der Waals surface area contributed by atoms with Crippen molar-refractivity contribution in [1.29, 1.82) is 0 Å². The van der Waals surface area contributed by atoms with Crippen molar-refractivity contribution in [3.8, 4) is 11.5 Å². The molecule has 32 heavy (non-hydrogen) atoms. The first-order chi connectivity index (χ1) is 15.1. The Morgan fingerprint density at radius 1 is 0.844 bits per heavy atom. The highest BCUT2D eigenvalue weighted by Gasteiger charge is 2.30. The molecule has 10 nitrogen and oxygen atoms in total. The van der Waals surface area contributed by atoms with Crippen LogP contribution in [-0.2, 0) is 27.2 Å². The first kappa shape index (κ1) is 24.6. The van der Waals surface area contributed by atoms with Crippen molar-refractivity contribution in [3.63, 3.8) is 0 Å². The number of nitrogens with two attached hydrogens (primary N) is 1. The molecule has 0 aromatic heterocycles. The molecule has 0 aliphatic carbocycles. The minimum atomic E-state index is -1.56. The smallest absolute Gasteiger partial charge is 0.328 e. The predicted molar refractivity (Wildman–Crippen MR) is 115 cm³/mol. The molecule has 0 saturated carbocycles. The first-order valence-electron chi connectivity index (χ1n) is 9.90. The molecule has 172 valence electrons. The van der Waals surface area contributed by atoms with E-state index in [2.05, 4.69) is 10.6 Å². The normalized spacial score (nSPS) is 14.6. The molecule has 0 bridgehead atoms. The standard InChI is InChI=1S/C22H27N3O7/c1-12(26)19(22(31)32)25-21(30)18(11-14-4-8-16(28)9-5-14)24-20(29)17(23)10-13-2-6-15(27)7-3-13/h2-9,12,17-19,26-28H,10-11,23H2,1H3,(H,24,29)(H,25,30)(H,31,32). The molecule has 4 atom stereocenters. The average Bonchev–Trinajstić information content (AvgIpc) is 2.73. The van der Waals surface area contributed by atoms with Gasteiger partial charge in [-0.1, -0.05) is 24.3 Å². The van der Waals surface area contributed by atoms with Crippen LogP contribution in [0, 0.1) is 0 Å². The van der Waals surface area contributed by atoms with Crippen molar-refractivity contribution < 1.29 is 34.8 Å². The summed E-state index contributed by atoms with van der Waals surface area (Å²) < 4.78 is 0. The quantitative estimate of drug-likeness (QED) is 0.259. The number of aromatic hydroxyl groups is 2. The topological polar surface area (TPSA) is 182 Å². The van der Waals surface area contributed by atoms with Gasteiger partial charge in [0.2, 0.25) is 11.8 Å². The summed E-state index contributed by atoms with van der Waals surface area (Å²) >= 11 is 0. The Morgan fingerprint density at radius 3 is 1.75 bits per heavy atom. The van der Waals surface area contributed by atoms with E-state index < -0.39 is 42.0 Å². The van der Waals surface area contributed by atoms with Crippen LogP contribution >= 0.6 is 0 Å². The molecule has 2 aromatic carbocycles. The third-order valence-electron chi connectivity index (χ3n) is 4.78. The lowest BCUT2D eigenvalue weighted by molar-refractivity contribution is -0.145. The lowest BCUT2D eigenvalue weighted by atomic mass is 10.0. The molecule has 0 aliphatic heterocycles. The number of aliphatic carboxylic acids is 1. The number of phenolic OH excluding ortho intramolecular Hbond substituents is 2. The number of nitrogens with one attached hydrogen (secondary N) is 2. The van der Waals surface area contributed by atoms with Crippen LogP contribution in [0.5, 0.6) is 11.5 Å². The van der Waals surface area contributed by atoms with E-state index in [1.807, 2.05) is 0 Å². The zero-order chi connectivity index (χ0) is 23.8. The monoisotopic (exact) mass is 445 g/mol. The van der Waals surface area contributed by atoms with E-state index in [-0.39, 0.29) is 24.3 Å². The van der Waals surface area contributed by atoms with Gasteiger partial charge >= 0.3 is 5.97 Å². The number of carboxylic acids is 1. The maximum atomic E-state index is 12.8. The van der Waals surface area contributed by atoms with Crippen LogP contribution in [0.2, 0.25) is 0 Å². The maximum Gasteiger partial charge on any atom is 0.328 e. The summed E-state index contributed by atoms with van der Waals surface area (Å²) in [4.78, 5) is 36.8. The van der Waals surface area contributed by atoms with Gasteiger partial charge in [-0.05, 0) is 48.7 Å². The van der Waals surface area contributed by atoms with E-state index in [1.165, 1.54) is 31.2 Å². The summed E-state index contributed by atoms with van der Waals surface area (Å²) in [6, 6.07) is 8.34. The van der Waals surface area contributed by atoms with Gasteiger partial charge in [0.05, 0.1) is 12.1 Å². The summed E-state index contributed by atoms with van der Waals surface area (Å²) in [7, 11) is 0. The van der Waals surface area contributed by atoms with Crippen LogP contribution in [0.4, 0.5) is 0 Å². The maximum absolute atomic E-state index is 12.8. The number of amides is 2. The summed E-state index contributed by atoms with van der Waals surface area (Å²) in [6.45, 7) is 1.22. The number of carbonyl (C=O) groups excluding carboxylic acids is 2. The highest BCUT2D eigenvalue weighted by atomic mass is 16.4. The van der Waals surface area contributed by atoms with Gasteiger partial charge < -0.3 is 36.8 Å². The van der Waals surface area contributed by atoms with E-state index in [0.717, 1.165) is 0 Å². The molecule has 0 aliphatic rings. The van der Waals surface area contributed by atoms with Crippen molar-refractivity contribution in [2.45, 2.75) is 44.0 Å². The van der Waals surface area contributed by atoms with Crippen molar-refractivity contribution in [3.05, 3.63) is 59.7 Å². The van der Waals surface area contributed by atoms with Crippen molar-refractivity contribution in [2.24, 2.45) is 5.73 Å². The SMILES string of the molecule is CC(O)C(NC(=O)C(Cc1ccc(O)cc1)NC(=O)C(N)Cc1ccc(O)cc1)C(=O)O. The Bertz CT molecular complexity index is 930. The van der Waals surface area contributed by atoms with Gasteiger partial charge in [-0.15, -0.1) is 0 Å². The number of hydrogen-bond acceptors (Lipinski definition) is 7. The van der Waals surface area contributed by atoms with Crippen molar-refractivity contribution in [2.75, 3.05) is 0 Å². The number of phenols is 2. The second-order valence-corrected chi connectivity index (χ2v) is 7.47. The molecule has 0 heterocycles. The third kappa shape index (κ3) is 7.25. The number of benzene rings is 2. The van der Waals surface area contributed by atoms with E-state index in [4.69, 9.17) is 5.73 Å². The van der Waals surface area contributed by atoms with Gasteiger partial charge in [-0.3, -0.25) is 9.59 Å². The molecule has 0 radical (unpaired) electrons. The fourth-order valence-electron chi connectivity index (χ4n) is 2.98. The molecule has 2 rings (SSSR count). The van der Waals surface area contributed by atoms with Gasteiger partial charge in [0.25, 0.3) is 0 Å². The van der Waals surface area contributed by atoms with Gasteiger partial charge in [0.15, 0.2) is 6.04 Å². The number of hydrogen-bond donors (Lipinski definition) is 7. The molecule has 2 aromatic rings. The average molecular weight is 445 g/mol. The fraction of sp³-hybridized carbons (Fsp3) is 0.318. The van der Waals surface area contributed by atoms with Gasteiger partial charge in [0, 0.05) is 6.42 Å². The van der Waals surface area contributed by atoms with Crippen molar-refractivity contribution >= 4 is 17.8 Å². The van der Waals surface area contributed by atoms with Gasteiger partial charge in [-0.2, -0.15) is 0 Å². The highest BCUT2D eigenvalue weighted by molar-refractivity contribution is 5.92. The Balaban J connectivity index is 2.15. The summed E-state index contributed by atoms with van der Waals surface area (Å²) in [5.74, 6) is -2.78. The molecule has 0 spiro atoms. The van der Waals surface area contributed by atoms with Crippen LogP contribution in [0.1, 0.15) is 18.1 Å².